The van der Waals surface area contributed by atoms with E-state index in [9.17, 15) is 10.1 Å². The van der Waals surface area contributed by atoms with Gasteiger partial charge in [0.1, 0.15) is 0 Å². The van der Waals surface area contributed by atoms with Crippen molar-refractivity contribution in [1.29, 1.82) is 0 Å². The predicted octanol–water partition coefficient (Wildman–Crippen LogP) is 2.34. The number of anilines is 1. The standard InChI is InChI=1S/C15H19N5O3S/c1-2-19-14(18-7-9-23-10-8-18)16-17-15(19)24-11-12-3-5-13(6-4-12)20(21)22/h3-6H,2,7-11H2,1H3. The van der Waals surface area contributed by atoms with Crippen LogP contribution in [0.2, 0.25) is 0 Å². The number of aromatic nitrogens is 3. The van der Waals surface area contributed by atoms with Crippen molar-refractivity contribution in [3.8, 4) is 0 Å². The number of non-ortho nitro benzene ring substituents is 1. The molecular weight excluding hydrogens is 330 g/mol. The number of hydrogen-bond donors (Lipinski definition) is 0. The molecule has 1 fully saturated rings. The van der Waals surface area contributed by atoms with Crippen LogP contribution in [0.3, 0.4) is 0 Å². The second-order valence-electron chi connectivity index (χ2n) is 5.34. The highest BCUT2D eigenvalue weighted by Crippen LogP contribution is 2.26. The van der Waals surface area contributed by atoms with Gasteiger partial charge in [-0.05, 0) is 12.5 Å². The Morgan fingerprint density at radius 1 is 1.25 bits per heavy atom. The molecule has 1 aromatic heterocycles. The van der Waals surface area contributed by atoms with E-state index in [2.05, 4.69) is 26.6 Å². The van der Waals surface area contributed by atoms with Gasteiger partial charge < -0.3 is 9.64 Å². The molecule has 0 saturated carbocycles. The molecule has 0 spiro atoms. The zero-order valence-corrected chi connectivity index (χ0v) is 14.2. The lowest BCUT2D eigenvalue weighted by molar-refractivity contribution is -0.384. The van der Waals surface area contributed by atoms with E-state index >= 15 is 0 Å². The summed E-state index contributed by atoms with van der Waals surface area (Å²) in [5.74, 6) is 1.58. The van der Waals surface area contributed by atoms with Crippen molar-refractivity contribution in [2.75, 3.05) is 31.2 Å². The summed E-state index contributed by atoms with van der Waals surface area (Å²) < 4.78 is 7.48. The summed E-state index contributed by atoms with van der Waals surface area (Å²) in [6, 6.07) is 6.61. The summed E-state index contributed by atoms with van der Waals surface area (Å²) in [4.78, 5) is 12.5. The molecule has 1 aliphatic heterocycles. The van der Waals surface area contributed by atoms with Crippen LogP contribution in [-0.4, -0.2) is 46.0 Å². The fourth-order valence-electron chi connectivity index (χ4n) is 2.52. The van der Waals surface area contributed by atoms with Crippen molar-refractivity contribution in [3.63, 3.8) is 0 Å². The van der Waals surface area contributed by atoms with Crippen molar-refractivity contribution in [3.05, 3.63) is 39.9 Å². The molecule has 2 heterocycles. The zero-order valence-electron chi connectivity index (χ0n) is 13.4. The van der Waals surface area contributed by atoms with Crippen LogP contribution in [0.25, 0.3) is 0 Å². The first kappa shape index (κ1) is 16.7. The first-order chi connectivity index (χ1) is 11.7. The number of nitro groups is 1. The molecule has 9 heteroatoms. The number of rotatable bonds is 6. The Hall–Kier alpha value is -2.13. The number of morpholine rings is 1. The van der Waals surface area contributed by atoms with Gasteiger partial charge in [-0.15, -0.1) is 10.2 Å². The Morgan fingerprint density at radius 3 is 2.58 bits per heavy atom. The third kappa shape index (κ3) is 3.68. The Balaban J connectivity index is 1.68. The van der Waals surface area contributed by atoms with Crippen molar-refractivity contribution < 1.29 is 9.66 Å². The molecule has 0 aliphatic carbocycles. The first-order valence-electron chi connectivity index (χ1n) is 7.81. The molecule has 2 aromatic rings. The van der Waals surface area contributed by atoms with E-state index in [1.54, 1.807) is 23.9 Å². The maximum Gasteiger partial charge on any atom is 0.269 e. The molecule has 0 unspecified atom stereocenters. The van der Waals surface area contributed by atoms with Crippen LogP contribution in [0.4, 0.5) is 11.6 Å². The van der Waals surface area contributed by atoms with E-state index in [0.717, 1.165) is 36.3 Å². The van der Waals surface area contributed by atoms with Crippen LogP contribution in [0.15, 0.2) is 29.4 Å². The normalized spacial score (nSPS) is 14.8. The van der Waals surface area contributed by atoms with E-state index in [1.165, 1.54) is 12.1 Å². The number of nitro benzene ring substituents is 1. The quantitative estimate of drug-likeness (QED) is 0.449. The maximum atomic E-state index is 10.7. The predicted molar refractivity (Wildman–Crippen MR) is 91.4 cm³/mol. The lowest BCUT2D eigenvalue weighted by Gasteiger charge is -2.27. The second kappa shape index (κ2) is 7.63. The zero-order chi connectivity index (χ0) is 16.9. The highest BCUT2D eigenvalue weighted by Gasteiger charge is 2.19. The SMILES string of the molecule is CCn1c(SCc2ccc([N+](=O)[O-])cc2)nnc1N1CCOCC1. The highest BCUT2D eigenvalue weighted by atomic mass is 32.2. The molecule has 0 bridgehead atoms. The fraction of sp³-hybridized carbons (Fsp3) is 0.467. The first-order valence-corrected chi connectivity index (χ1v) is 8.79. The summed E-state index contributed by atoms with van der Waals surface area (Å²) in [5.41, 5.74) is 1.12. The van der Waals surface area contributed by atoms with Crippen LogP contribution in [0.1, 0.15) is 12.5 Å². The van der Waals surface area contributed by atoms with Gasteiger partial charge in [-0.3, -0.25) is 14.7 Å². The Kier molecular flexibility index (Phi) is 5.31. The number of ether oxygens (including phenoxy) is 1. The summed E-state index contributed by atoms with van der Waals surface area (Å²) in [6.07, 6.45) is 0. The molecule has 0 N–H and O–H groups in total. The van der Waals surface area contributed by atoms with Crippen LogP contribution < -0.4 is 4.90 Å². The molecule has 1 aromatic carbocycles. The van der Waals surface area contributed by atoms with Crippen LogP contribution in [0.5, 0.6) is 0 Å². The minimum Gasteiger partial charge on any atom is -0.378 e. The van der Waals surface area contributed by atoms with Crippen LogP contribution in [-0.2, 0) is 17.0 Å². The molecule has 0 amide bonds. The van der Waals surface area contributed by atoms with E-state index in [4.69, 9.17) is 4.74 Å². The van der Waals surface area contributed by atoms with Crippen LogP contribution in [0, 0.1) is 10.1 Å². The molecular formula is C15H19N5O3S. The minimum atomic E-state index is -0.390. The van der Waals surface area contributed by atoms with Gasteiger partial charge in [-0.1, -0.05) is 23.9 Å². The summed E-state index contributed by atoms with van der Waals surface area (Å²) in [5, 5.41) is 20.2. The van der Waals surface area contributed by atoms with Crippen molar-refractivity contribution in [2.24, 2.45) is 0 Å². The van der Waals surface area contributed by atoms with Gasteiger partial charge in [0.2, 0.25) is 5.95 Å². The van der Waals surface area contributed by atoms with E-state index < -0.39 is 0 Å². The molecule has 0 atom stereocenters. The van der Waals surface area contributed by atoms with E-state index in [1.807, 2.05) is 0 Å². The van der Waals surface area contributed by atoms with Crippen molar-refractivity contribution >= 4 is 23.4 Å². The molecule has 128 valence electrons. The summed E-state index contributed by atoms with van der Waals surface area (Å²) in [7, 11) is 0. The summed E-state index contributed by atoms with van der Waals surface area (Å²) >= 11 is 1.59. The highest BCUT2D eigenvalue weighted by molar-refractivity contribution is 7.98. The third-order valence-corrected chi connectivity index (χ3v) is 4.86. The van der Waals surface area contributed by atoms with Gasteiger partial charge in [0.15, 0.2) is 5.16 Å². The number of thioether (sulfide) groups is 1. The average Bonchev–Trinajstić information content (AvgIpc) is 3.04. The largest absolute Gasteiger partial charge is 0.378 e. The fourth-order valence-corrected chi connectivity index (χ4v) is 3.48. The van der Waals surface area contributed by atoms with Gasteiger partial charge in [-0.25, -0.2) is 0 Å². The molecule has 8 nitrogen and oxygen atoms in total. The molecule has 24 heavy (non-hydrogen) atoms. The molecule has 0 radical (unpaired) electrons. The van der Waals surface area contributed by atoms with Crippen molar-refractivity contribution in [2.45, 2.75) is 24.4 Å². The topological polar surface area (TPSA) is 86.3 Å². The van der Waals surface area contributed by atoms with E-state index in [0.29, 0.717) is 19.0 Å². The lowest BCUT2D eigenvalue weighted by atomic mass is 10.2. The lowest BCUT2D eigenvalue weighted by Crippen LogP contribution is -2.38. The molecule has 3 rings (SSSR count). The third-order valence-electron chi connectivity index (χ3n) is 3.82. The van der Waals surface area contributed by atoms with Crippen molar-refractivity contribution in [1.82, 2.24) is 14.8 Å². The maximum absolute atomic E-state index is 10.7. The van der Waals surface area contributed by atoms with Gasteiger partial charge >= 0.3 is 0 Å². The Bertz CT molecular complexity index is 698. The second-order valence-corrected chi connectivity index (χ2v) is 6.28. The number of benzene rings is 1. The number of nitrogens with zero attached hydrogens (tertiary/aromatic N) is 5. The number of hydrogen-bond acceptors (Lipinski definition) is 7. The smallest absolute Gasteiger partial charge is 0.269 e. The van der Waals surface area contributed by atoms with Gasteiger partial charge in [-0.2, -0.15) is 0 Å². The molecule has 1 saturated heterocycles. The monoisotopic (exact) mass is 349 g/mol. The molecule has 1 aliphatic rings. The van der Waals surface area contributed by atoms with Crippen LogP contribution >= 0.6 is 11.8 Å². The van der Waals surface area contributed by atoms with Gasteiger partial charge in [0, 0.05) is 37.5 Å². The van der Waals surface area contributed by atoms with E-state index in [-0.39, 0.29) is 10.6 Å². The Morgan fingerprint density at radius 2 is 1.96 bits per heavy atom. The average molecular weight is 349 g/mol. The van der Waals surface area contributed by atoms with Gasteiger partial charge in [0.05, 0.1) is 18.1 Å². The summed E-state index contributed by atoms with van der Waals surface area (Å²) in [6.45, 7) is 5.94. The Labute approximate surface area is 144 Å². The van der Waals surface area contributed by atoms with Gasteiger partial charge in [0.25, 0.3) is 5.69 Å². The minimum absolute atomic E-state index is 0.107.